The Kier molecular flexibility index (Phi) is 3.83. The first kappa shape index (κ1) is 12.4. The first-order chi connectivity index (χ1) is 7.42. The summed E-state index contributed by atoms with van der Waals surface area (Å²) in [5.74, 6) is -0.714. The van der Waals surface area contributed by atoms with E-state index < -0.39 is 18.6 Å². The maximum absolute atomic E-state index is 11.8. The van der Waals surface area contributed by atoms with E-state index >= 15 is 0 Å². The average molecular weight is 234 g/mol. The van der Waals surface area contributed by atoms with E-state index in [-0.39, 0.29) is 18.1 Å². The first-order valence-corrected chi connectivity index (χ1v) is 4.32. The van der Waals surface area contributed by atoms with Crippen LogP contribution in [-0.2, 0) is 0 Å². The van der Waals surface area contributed by atoms with E-state index in [1.165, 1.54) is 18.2 Å². The van der Waals surface area contributed by atoms with Crippen LogP contribution in [0.3, 0.4) is 0 Å². The molecule has 2 N–H and O–H groups in total. The van der Waals surface area contributed by atoms with E-state index in [0.717, 1.165) is 0 Å². The number of ether oxygens (including phenoxy) is 1. The second-order valence-electron chi connectivity index (χ2n) is 2.89. The maximum Gasteiger partial charge on any atom is 0.422 e. The fourth-order valence-electron chi connectivity index (χ4n) is 0.911. The van der Waals surface area contributed by atoms with E-state index in [0.29, 0.717) is 0 Å². The van der Waals surface area contributed by atoms with Crippen molar-refractivity contribution in [2.24, 2.45) is 5.73 Å². The lowest BCUT2D eigenvalue weighted by atomic mass is 10.2. The summed E-state index contributed by atoms with van der Waals surface area (Å²) < 4.78 is 39.9. The minimum Gasteiger partial charge on any atom is -0.468 e. The van der Waals surface area contributed by atoms with E-state index in [4.69, 9.17) is 5.73 Å². The molecule has 0 aliphatic rings. The van der Waals surface area contributed by atoms with Gasteiger partial charge >= 0.3 is 6.18 Å². The van der Waals surface area contributed by atoms with Crippen molar-refractivity contribution in [3.05, 3.63) is 23.9 Å². The monoisotopic (exact) mass is 234 g/mol. The van der Waals surface area contributed by atoms with Crippen LogP contribution in [-0.4, -0.2) is 30.1 Å². The SMILES string of the molecule is NCC(=O)c1cccc(OCC(F)(F)F)n1. The molecule has 1 rings (SSSR count). The van der Waals surface area contributed by atoms with Gasteiger partial charge in [0.25, 0.3) is 0 Å². The topological polar surface area (TPSA) is 65.2 Å². The minimum absolute atomic E-state index is 0.0119. The molecule has 0 unspecified atom stereocenters. The Labute approximate surface area is 89.2 Å². The number of carbonyl (C=O) groups excluding carboxylic acids is 1. The number of pyridine rings is 1. The van der Waals surface area contributed by atoms with E-state index in [9.17, 15) is 18.0 Å². The second kappa shape index (κ2) is 4.93. The Morgan fingerprint density at radius 2 is 2.12 bits per heavy atom. The fourth-order valence-corrected chi connectivity index (χ4v) is 0.911. The normalized spacial score (nSPS) is 11.2. The highest BCUT2D eigenvalue weighted by Crippen LogP contribution is 2.17. The molecule has 1 aromatic heterocycles. The Bertz CT molecular complexity index is 379. The molecular weight excluding hydrogens is 225 g/mol. The zero-order chi connectivity index (χ0) is 12.2. The predicted molar refractivity (Wildman–Crippen MR) is 49.2 cm³/mol. The van der Waals surface area contributed by atoms with Crippen molar-refractivity contribution < 1.29 is 22.7 Å². The van der Waals surface area contributed by atoms with Crippen LogP contribution in [0.1, 0.15) is 10.5 Å². The van der Waals surface area contributed by atoms with Crippen molar-refractivity contribution in [2.75, 3.05) is 13.2 Å². The van der Waals surface area contributed by atoms with Gasteiger partial charge in [-0.05, 0) is 6.07 Å². The molecule has 0 atom stereocenters. The lowest BCUT2D eigenvalue weighted by molar-refractivity contribution is -0.154. The van der Waals surface area contributed by atoms with Gasteiger partial charge in [-0.1, -0.05) is 6.07 Å². The number of aromatic nitrogens is 1. The van der Waals surface area contributed by atoms with Crippen LogP contribution in [0.25, 0.3) is 0 Å². The summed E-state index contributed by atoms with van der Waals surface area (Å²) >= 11 is 0. The summed E-state index contributed by atoms with van der Waals surface area (Å²) in [7, 11) is 0. The molecule has 88 valence electrons. The van der Waals surface area contributed by atoms with Crippen LogP contribution < -0.4 is 10.5 Å². The molecule has 0 fully saturated rings. The molecule has 4 nitrogen and oxygen atoms in total. The smallest absolute Gasteiger partial charge is 0.422 e. The quantitative estimate of drug-likeness (QED) is 0.794. The van der Waals surface area contributed by atoms with Crippen LogP contribution in [0.5, 0.6) is 5.88 Å². The lowest BCUT2D eigenvalue weighted by Gasteiger charge is -2.08. The van der Waals surface area contributed by atoms with Crippen molar-refractivity contribution in [2.45, 2.75) is 6.18 Å². The third-order valence-electron chi connectivity index (χ3n) is 1.58. The number of hydrogen-bond acceptors (Lipinski definition) is 4. The van der Waals surface area contributed by atoms with Crippen molar-refractivity contribution in [1.29, 1.82) is 0 Å². The van der Waals surface area contributed by atoms with Crippen LogP contribution in [0.2, 0.25) is 0 Å². The molecule has 16 heavy (non-hydrogen) atoms. The molecule has 0 saturated carbocycles. The van der Waals surface area contributed by atoms with Gasteiger partial charge in [0.1, 0.15) is 5.69 Å². The van der Waals surface area contributed by atoms with Gasteiger partial charge in [-0.25, -0.2) is 4.98 Å². The third kappa shape index (κ3) is 3.85. The summed E-state index contributed by atoms with van der Waals surface area (Å²) in [4.78, 5) is 14.7. The molecule has 0 aromatic carbocycles. The van der Waals surface area contributed by atoms with E-state index in [1.54, 1.807) is 0 Å². The van der Waals surface area contributed by atoms with Crippen molar-refractivity contribution >= 4 is 5.78 Å². The number of Topliss-reactive ketones (excluding diaryl/α,β-unsaturated/α-hetero) is 1. The molecule has 0 aliphatic carbocycles. The molecule has 7 heteroatoms. The van der Waals surface area contributed by atoms with Gasteiger partial charge in [-0.15, -0.1) is 0 Å². The highest BCUT2D eigenvalue weighted by molar-refractivity contribution is 5.95. The average Bonchev–Trinajstić information content (AvgIpc) is 2.25. The van der Waals surface area contributed by atoms with Crippen molar-refractivity contribution in [1.82, 2.24) is 4.98 Å². The number of nitrogens with two attached hydrogens (primary N) is 1. The van der Waals surface area contributed by atoms with Gasteiger partial charge in [0.15, 0.2) is 12.4 Å². The number of rotatable bonds is 4. The Hall–Kier alpha value is -1.63. The lowest BCUT2D eigenvalue weighted by Crippen LogP contribution is -2.20. The standard InChI is InChI=1S/C9H9F3N2O2/c10-9(11,12)5-16-8-3-1-2-6(14-8)7(15)4-13/h1-3H,4-5,13H2. The van der Waals surface area contributed by atoms with Gasteiger partial charge in [-0.3, -0.25) is 4.79 Å². The van der Waals surface area contributed by atoms with Gasteiger partial charge in [-0.2, -0.15) is 13.2 Å². The molecule has 0 aliphatic heterocycles. The Morgan fingerprint density at radius 3 is 2.69 bits per heavy atom. The third-order valence-corrected chi connectivity index (χ3v) is 1.58. The number of ketones is 1. The number of nitrogens with zero attached hydrogens (tertiary/aromatic N) is 1. The van der Waals surface area contributed by atoms with E-state index in [1.807, 2.05) is 0 Å². The molecule has 0 amide bonds. The zero-order valence-electron chi connectivity index (χ0n) is 8.12. The van der Waals surface area contributed by atoms with Gasteiger partial charge in [0.05, 0.1) is 6.54 Å². The predicted octanol–water partition coefficient (Wildman–Crippen LogP) is 1.16. The summed E-state index contributed by atoms with van der Waals surface area (Å²) in [6.45, 7) is -1.70. The molecular formula is C9H9F3N2O2. The first-order valence-electron chi connectivity index (χ1n) is 4.32. The van der Waals surface area contributed by atoms with Crippen molar-refractivity contribution in [3.63, 3.8) is 0 Å². The van der Waals surface area contributed by atoms with Crippen LogP contribution in [0, 0.1) is 0 Å². The van der Waals surface area contributed by atoms with Gasteiger partial charge < -0.3 is 10.5 Å². The zero-order valence-corrected chi connectivity index (χ0v) is 8.12. The molecule has 1 heterocycles. The van der Waals surface area contributed by atoms with Gasteiger partial charge in [0, 0.05) is 6.07 Å². The largest absolute Gasteiger partial charge is 0.468 e. The molecule has 0 bridgehead atoms. The maximum atomic E-state index is 11.8. The van der Waals surface area contributed by atoms with Crippen LogP contribution in [0.4, 0.5) is 13.2 Å². The Morgan fingerprint density at radius 1 is 1.44 bits per heavy atom. The summed E-state index contributed by atoms with van der Waals surface area (Å²) in [6, 6.07) is 3.97. The number of hydrogen-bond donors (Lipinski definition) is 1. The Balaban J connectivity index is 2.71. The van der Waals surface area contributed by atoms with Crippen molar-refractivity contribution in [3.8, 4) is 5.88 Å². The highest BCUT2D eigenvalue weighted by atomic mass is 19.4. The van der Waals surface area contributed by atoms with E-state index in [2.05, 4.69) is 9.72 Å². The molecule has 1 aromatic rings. The summed E-state index contributed by atoms with van der Waals surface area (Å²) in [5, 5.41) is 0. The number of carbonyl (C=O) groups is 1. The summed E-state index contributed by atoms with van der Waals surface area (Å²) in [6.07, 6.45) is -4.43. The van der Waals surface area contributed by atoms with Gasteiger partial charge in [0.2, 0.25) is 5.88 Å². The minimum atomic E-state index is -4.43. The number of halogens is 3. The van der Waals surface area contributed by atoms with Crippen LogP contribution in [0.15, 0.2) is 18.2 Å². The fraction of sp³-hybridized carbons (Fsp3) is 0.333. The molecule has 0 spiro atoms. The summed E-state index contributed by atoms with van der Waals surface area (Å²) in [5.41, 5.74) is 5.08. The molecule has 0 saturated heterocycles. The van der Waals surface area contributed by atoms with Crippen LogP contribution >= 0.6 is 0 Å². The highest BCUT2D eigenvalue weighted by Gasteiger charge is 2.28. The second-order valence-corrected chi connectivity index (χ2v) is 2.89. The number of alkyl halides is 3. The molecule has 0 radical (unpaired) electrons.